The van der Waals surface area contributed by atoms with Crippen LogP contribution in [0.4, 0.5) is 4.79 Å². The van der Waals surface area contributed by atoms with Gasteiger partial charge in [-0.15, -0.1) is 0 Å². The highest BCUT2D eigenvalue weighted by Gasteiger charge is 2.51. The third-order valence-electron chi connectivity index (χ3n) is 6.70. The third kappa shape index (κ3) is 6.29. The van der Waals surface area contributed by atoms with Crippen LogP contribution in [-0.2, 0) is 32.3 Å². The number of rotatable bonds is 9. The van der Waals surface area contributed by atoms with E-state index < -0.39 is 42.4 Å². The second-order valence-electron chi connectivity index (χ2n) is 9.52. The van der Waals surface area contributed by atoms with Crippen LogP contribution in [0.1, 0.15) is 23.1 Å². The van der Waals surface area contributed by atoms with Gasteiger partial charge >= 0.3 is 12.0 Å². The lowest BCUT2D eigenvalue weighted by Crippen LogP contribution is -2.76. The monoisotopic (exact) mass is 523 g/mol. The zero-order chi connectivity index (χ0) is 27.2. The zero-order valence-electron chi connectivity index (χ0n) is 21.6. The number of nitrogens with zero attached hydrogens (tertiary/aromatic N) is 4. The molecule has 4 amide bonds. The van der Waals surface area contributed by atoms with E-state index in [1.165, 1.54) is 19.8 Å². The molecule has 2 heterocycles. The molecule has 2 aliphatic heterocycles. The fraction of sp³-hybridized carbons (Fsp3) is 0.407. The molecule has 2 aliphatic rings. The van der Waals surface area contributed by atoms with Crippen molar-refractivity contribution in [1.29, 1.82) is 0 Å². The van der Waals surface area contributed by atoms with E-state index in [9.17, 15) is 24.3 Å². The SMILES string of the molecule is Cc1ccc(COCCN2C[C@H]3N(C(=O)CN(C)N3C(=O)NCc3ccccc3)C(CC(=O)O)C2=O)cc1. The number of carbonyl (C=O) groups excluding carboxylic acids is 3. The highest BCUT2D eigenvalue weighted by Crippen LogP contribution is 2.27. The molecule has 2 atom stereocenters. The second kappa shape index (κ2) is 12.1. The van der Waals surface area contributed by atoms with Crippen LogP contribution in [0.3, 0.4) is 0 Å². The van der Waals surface area contributed by atoms with Gasteiger partial charge in [0.25, 0.3) is 0 Å². The Morgan fingerprint density at radius 3 is 2.45 bits per heavy atom. The number of carboxylic acid groups (broad SMARTS) is 1. The van der Waals surface area contributed by atoms with Crippen LogP contribution in [-0.4, -0.2) is 94.2 Å². The van der Waals surface area contributed by atoms with E-state index in [4.69, 9.17) is 4.74 Å². The van der Waals surface area contributed by atoms with Gasteiger partial charge in [0.05, 0.1) is 32.7 Å². The Hall–Kier alpha value is -3.96. The molecule has 0 radical (unpaired) electrons. The molecule has 0 bridgehead atoms. The number of fused-ring (bicyclic) bond motifs is 1. The maximum absolute atomic E-state index is 13.3. The number of aliphatic carboxylic acids is 1. The lowest BCUT2D eigenvalue weighted by molar-refractivity contribution is -0.189. The van der Waals surface area contributed by atoms with Crippen LogP contribution < -0.4 is 5.32 Å². The second-order valence-corrected chi connectivity index (χ2v) is 9.52. The molecular formula is C27H33N5O6. The fourth-order valence-corrected chi connectivity index (χ4v) is 4.78. The van der Waals surface area contributed by atoms with Gasteiger partial charge in [-0.3, -0.25) is 14.4 Å². The molecule has 1 unspecified atom stereocenters. The van der Waals surface area contributed by atoms with Crippen molar-refractivity contribution in [3.63, 3.8) is 0 Å². The van der Waals surface area contributed by atoms with E-state index >= 15 is 0 Å². The number of hydrogen-bond donors (Lipinski definition) is 2. The number of aryl methyl sites for hydroxylation is 1. The number of likely N-dealkylation sites (N-methyl/N-ethyl adjacent to an activating group) is 1. The molecule has 2 aromatic carbocycles. The first kappa shape index (κ1) is 27.1. The van der Waals surface area contributed by atoms with Crippen molar-refractivity contribution in [3.8, 4) is 0 Å². The number of piperazine rings is 1. The average molecular weight is 524 g/mol. The lowest BCUT2D eigenvalue weighted by Gasteiger charge is -2.54. The van der Waals surface area contributed by atoms with Crippen molar-refractivity contribution in [2.24, 2.45) is 0 Å². The molecular weight excluding hydrogens is 490 g/mol. The summed E-state index contributed by atoms with van der Waals surface area (Å²) in [6, 6.07) is 15.7. The normalized spacial score (nSPS) is 19.9. The van der Waals surface area contributed by atoms with Gasteiger partial charge in [0, 0.05) is 20.1 Å². The number of carboxylic acids is 1. The molecule has 0 spiro atoms. The van der Waals surface area contributed by atoms with Gasteiger partial charge in [-0.2, -0.15) is 0 Å². The Kier molecular flexibility index (Phi) is 8.59. The Balaban J connectivity index is 1.48. The largest absolute Gasteiger partial charge is 0.481 e. The van der Waals surface area contributed by atoms with Crippen LogP contribution in [0.5, 0.6) is 0 Å². The van der Waals surface area contributed by atoms with E-state index in [2.05, 4.69) is 5.32 Å². The summed E-state index contributed by atoms with van der Waals surface area (Å²) in [6.07, 6.45) is -1.40. The molecule has 202 valence electrons. The smallest absolute Gasteiger partial charge is 0.334 e. The minimum absolute atomic E-state index is 0.0394. The average Bonchev–Trinajstić information content (AvgIpc) is 2.88. The predicted molar refractivity (Wildman–Crippen MR) is 137 cm³/mol. The molecule has 11 nitrogen and oxygen atoms in total. The zero-order valence-corrected chi connectivity index (χ0v) is 21.6. The quantitative estimate of drug-likeness (QED) is 0.477. The van der Waals surface area contributed by atoms with E-state index in [1.54, 1.807) is 7.05 Å². The number of benzene rings is 2. The molecule has 2 aromatic rings. The van der Waals surface area contributed by atoms with Crippen molar-refractivity contribution in [1.82, 2.24) is 25.1 Å². The number of ether oxygens (including phenoxy) is 1. The number of urea groups is 1. The highest BCUT2D eigenvalue weighted by molar-refractivity contribution is 5.93. The standard InChI is InChI=1S/C27H33N5O6/c1-19-8-10-21(11-9-19)18-38-13-12-30-16-23-31(22(26(30)36)14-25(34)35)24(33)17-29(2)32(23)27(37)28-15-20-6-4-3-5-7-20/h3-11,22-23H,12-18H2,1-2H3,(H,28,37)(H,34,35)/t22?,23-/m0/s1. The Labute approximate surface area is 221 Å². The lowest BCUT2D eigenvalue weighted by atomic mass is 10.0. The van der Waals surface area contributed by atoms with Crippen molar-refractivity contribution in [3.05, 3.63) is 71.3 Å². The molecule has 2 saturated heterocycles. The maximum atomic E-state index is 13.3. The molecule has 38 heavy (non-hydrogen) atoms. The van der Waals surface area contributed by atoms with E-state index in [-0.39, 0.29) is 32.8 Å². The van der Waals surface area contributed by atoms with Crippen LogP contribution in [0.25, 0.3) is 0 Å². The van der Waals surface area contributed by atoms with Crippen molar-refractivity contribution < 1.29 is 29.0 Å². The minimum atomic E-state index is -1.21. The first-order chi connectivity index (χ1) is 18.2. The summed E-state index contributed by atoms with van der Waals surface area (Å²) < 4.78 is 5.77. The van der Waals surface area contributed by atoms with Crippen molar-refractivity contribution in [2.75, 3.05) is 33.3 Å². The number of nitrogens with one attached hydrogen (secondary N) is 1. The minimum Gasteiger partial charge on any atom is -0.481 e. The molecule has 0 saturated carbocycles. The molecule has 0 aromatic heterocycles. The summed E-state index contributed by atoms with van der Waals surface area (Å²) in [7, 11) is 1.62. The first-order valence-corrected chi connectivity index (χ1v) is 12.5. The third-order valence-corrected chi connectivity index (χ3v) is 6.70. The van der Waals surface area contributed by atoms with Gasteiger partial charge in [-0.1, -0.05) is 60.2 Å². The van der Waals surface area contributed by atoms with E-state index in [0.29, 0.717) is 6.61 Å². The van der Waals surface area contributed by atoms with Gasteiger partial charge in [0.15, 0.2) is 0 Å². The van der Waals surface area contributed by atoms with Crippen LogP contribution >= 0.6 is 0 Å². The summed E-state index contributed by atoms with van der Waals surface area (Å²) in [4.78, 5) is 54.0. The highest BCUT2D eigenvalue weighted by atomic mass is 16.5. The summed E-state index contributed by atoms with van der Waals surface area (Å²) in [5.74, 6) is -2.07. The fourth-order valence-electron chi connectivity index (χ4n) is 4.78. The van der Waals surface area contributed by atoms with E-state index in [0.717, 1.165) is 16.7 Å². The number of amides is 4. The van der Waals surface area contributed by atoms with Crippen LogP contribution in [0, 0.1) is 6.92 Å². The molecule has 2 fully saturated rings. The van der Waals surface area contributed by atoms with E-state index in [1.807, 2.05) is 61.5 Å². The van der Waals surface area contributed by atoms with Gasteiger partial charge in [0.1, 0.15) is 12.2 Å². The Morgan fingerprint density at radius 2 is 1.76 bits per heavy atom. The van der Waals surface area contributed by atoms with Gasteiger partial charge in [-0.25, -0.2) is 14.8 Å². The predicted octanol–water partition coefficient (Wildman–Crippen LogP) is 1.42. The number of hydrazine groups is 1. The molecule has 11 heteroatoms. The van der Waals surface area contributed by atoms with Crippen LogP contribution in [0.2, 0.25) is 0 Å². The summed E-state index contributed by atoms with van der Waals surface area (Å²) >= 11 is 0. The molecule has 2 N–H and O–H groups in total. The molecule has 4 rings (SSSR count). The summed E-state index contributed by atoms with van der Waals surface area (Å²) in [5, 5.41) is 15.3. The topological polar surface area (TPSA) is 123 Å². The van der Waals surface area contributed by atoms with Crippen LogP contribution in [0.15, 0.2) is 54.6 Å². The van der Waals surface area contributed by atoms with Crippen molar-refractivity contribution in [2.45, 2.75) is 38.7 Å². The number of hydrogen-bond acceptors (Lipinski definition) is 6. The molecule has 0 aliphatic carbocycles. The number of carbonyl (C=O) groups is 4. The van der Waals surface area contributed by atoms with Crippen molar-refractivity contribution >= 4 is 23.8 Å². The first-order valence-electron chi connectivity index (χ1n) is 12.5. The Morgan fingerprint density at radius 1 is 1.05 bits per heavy atom. The maximum Gasteiger partial charge on any atom is 0.334 e. The summed E-state index contributed by atoms with van der Waals surface area (Å²) in [6.45, 7) is 2.95. The van der Waals surface area contributed by atoms with Gasteiger partial charge in [-0.05, 0) is 18.1 Å². The Bertz CT molecular complexity index is 1160. The summed E-state index contributed by atoms with van der Waals surface area (Å²) in [5.41, 5.74) is 3.05. The van der Waals surface area contributed by atoms with Gasteiger partial charge in [0.2, 0.25) is 11.8 Å². The van der Waals surface area contributed by atoms with Gasteiger partial charge < -0.3 is 25.0 Å².